The number of nitrogens with one attached hydrogen (secondary N) is 3. The SMILES string of the molecule is CNC(=O)c1nc(-c2cccc(C(=O)NNc3cc(F)ccc3F)c2)cnc1N. The van der Waals surface area contributed by atoms with Crippen molar-refractivity contribution in [3.8, 4) is 11.3 Å². The number of hydrogen-bond acceptors (Lipinski definition) is 6. The van der Waals surface area contributed by atoms with E-state index >= 15 is 0 Å². The van der Waals surface area contributed by atoms with Gasteiger partial charge in [-0.2, -0.15) is 0 Å². The minimum absolute atomic E-state index is 0.0247. The molecule has 2 aromatic carbocycles. The average molecular weight is 398 g/mol. The van der Waals surface area contributed by atoms with Crippen LogP contribution in [0.5, 0.6) is 0 Å². The van der Waals surface area contributed by atoms with Crippen LogP contribution < -0.4 is 21.9 Å². The molecule has 3 aromatic rings. The van der Waals surface area contributed by atoms with E-state index in [1.165, 1.54) is 25.4 Å². The molecule has 2 amide bonds. The lowest BCUT2D eigenvalue weighted by atomic mass is 10.1. The van der Waals surface area contributed by atoms with E-state index in [-0.39, 0.29) is 22.8 Å². The summed E-state index contributed by atoms with van der Waals surface area (Å²) < 4.78 is 26.8. The molecule has 0 atom stereocenters. The van der Waals surface area contributed by atoms with Crippen molar-refractivity contribution in [2.24, 2.45) is 0 Å². The van der Waals surface area contributed by atoms with Crippen molar-refractivity contribution in [1.29, 1.82) is 0 Å². The molecule has 0 fully saturated rings. The maximum Gasteiger partial charge on any atom is 0.273 e. The number of carbonyl (C=O) groups excluding carboxylic acids is 2. The summed E-state index contributed by atoms with van der Waals surface area (Å²) in [4.78, 5) is 32.4. The third kappa shape index (κ3) is 4.43. The largest absolute Gasteiger partial charge is 0.382 e. The van der Waals surface area contributed by atoms with Crippen LogP contribution in [-0.4, -0.2) is 28.8 Å². The van der Waals surface area contributed by atoms with Gasteiger partial charge in [-0.25, -0.2) is 18.7 Å². The molecule has 148 valence electrons. The van der Waals surface area contributed by atoms with Crippen LogP contribution in [0.4, 0.5) is 20.3 Å². The van der Waals surface area contributed by atoms with Gasteiger partial charge in [-0.05, 0) is 24.3 Å². The Morgan fingerprint density at radius 1 is 1.07 bits per heavy atom. The molecular formula is C19H16F2N6O2. The number of hydrogen-bond donors (Lipinski definition) is 4. The van der Waals surface area contributed by atoms with Crippen molar-refractivity contribution in [2.75, 3.05) is 18.2 Å². The van der Waals surface area contributed by atoms with Gasteiger partial charge in [-0.15, -0.1) is 0 Å². The topological polar surface area (TPSA) is 122 Å². The number of amides is 2. The zero-order valence-corrected chi connectivity index (χ0v) is 15.2. The van der Waals surface area contributed by atoms with E-state index in [0.717, 1.165) is 18.2 Å². The Morgan fingerprint density at radius 2 is 1.86 bits per heavy atom. The lowest BCUT2D eigenvalue weighted by molar-refractivity contribution is 0.0952. The Labute approximate surface area is 164 Å². The zero-order valence-electron chi connectivity index (χ0n) is 15.2. The molecule has 0 saturated carbocycles. The molecular weight excluding hydrogens is 382 g/mol. The quantitative estimate of drug-likeness (QED) is 0.489. The number of halogens is 2. The van der Waals surface area contributed by atoms with E-state index in [0.29, 0.717) is 11.3 Å². The lowest BCUT2D eigenvalue weighted by Crippen LogP contribution is -2.29. The fraction of sp³-hybridized carbons (Fsp3) is 0.0526. The summed E-state index contributed by atoms with van der Waals surface area (Å²) in [6.07, 6.45) is 1.37. The van der Waals surface area contributed by atoms with Crippen molar-refractivity contribution in [3.63, 3.8) is 0 Å². The highest BCUT2D eigenvalue weighted by Crippen LogP contribution is 2.20. The number of rotatable bonds is 5. The molecule has 1 heterocycles. The number of anilines is 2. The molecule has 1 aromatic heterocycles. The first-order chi connectivity index (χ1) is 13.9. The van der Waals surface area contributed by atoms with E-state index in [4.69, 9.17) is 5.73 Å². The van der Waals surface area contributed by atoms with Crippen molar-refractivity contribution in [3.05, 3.63) is 71.6 Å². The van der Waals surface area contributed by atoms with Gasteiger partial charge in [0.2, 0.25) is 0 Å². The minimum Gasteiger partial charge on any atom is -0.382 e. The number of benzene rings is 2. The number of aromatic nitrogens is 2. The summed E-state index contributed by atoms with van der Waals surface area (Å²) in [5.41, 5.74) is 11.1. The van der Waals surface area contributed by atoms with Crippen LogP contribution in [0, 0.1) is 11.6 Å². The molecule has 3 rings (SSSR count). The van der Waals surface area contributed by atoms with Crippen LogP contribution in [0.2, 0.25) is 0 Å². The van der Waals surface area contributed by atoms with Crippen molar-refractivity contribution < 1.29 is 18.4 Å². The molecule has 0 saturated heterocycles. The van der Waals surface area contributed by atoms with Gasteiger partial charge >= 0.3 is 0 Å². The monoisotopic (exact) mass is 398 g/mol. The Kier molecular flexibility index (Phi) is 5.63. The molecule has 0 spiro atoms. The van der Waals surface area contributed by atoms with Gasteiger partial charge in [0.05, 0.1) is 17.6 Å². The van der Waals surface area contributed by atoms with E-state index in [2.05, 4.69) is 26.1 Å². The number of nitrogen functional groups attached to an aromatic ring is 1. The van der Waals surface area contributed by atoms with Gasteiger partial charge in [-0.1, -0.05) is 12.1 Å². The van der Waals surface area contributed by atoms with Crippen LogP contribution in [0.25, 0.3) is 11.3 Å². The predicted octanol–water partition coefficient (Wildman–Crippen LogP) is 2.12. The Morgan fingerprint density at radius 3 is 2.62 bits per heavy atom. The fourth-order valence-corrected chi connectivity index (χ4v) is 2.43. The van der Waals surface area contributed by atoms with Gasteiger partial charge in [0.15, 0.2) is 11.5 Å². The molecule has 5 N–H and O–H groups in total. The Hall–Kier alpha value is -4.08. The van der Waals surface area contributed by atoms with Crippen molar-refractivity contribution in [2.45, 2.75) is 0 Å². The van der Waals surface area contributed by atoms with Gasteiger partial charge in [0.1, 0.15) is 11.6 Å². The van der Waals surface area contributed by atoms with Crippen LogP contribution in [0.1, 0.15) is 20.8 Å². The second-order valence-corrected chi connectivity index (χ2v) is 5.85. The van der Waals surface area contributed by atoms with E-state index in [1.807, 2.05) is 0 Å². The first-order valence-electron chi connectivity index (χ1n) is 8.35. The third-order valence-electron chi connectivity index (χ3n) is 3.90. The van der Waals surface area contributed by atoms with Gasteiger partial charge in [0, 0.05) is 24.2 Å². The van der Waals surface area contributed by atoms with Crippen molar-refractivity contribution >= 4 is 23.3 Å². The molecule has 0 aliphatic heterocycles. The standard InChI is InChI=1S/C19H16F2N6O2/c1-23-19(29)16-17(22)24-9-15(25-16)10-3-2-4-11(7-10)18(28)27-26-14-8-12(20)5-6-13(14)21/h2-9,26H,1H3,(H2,22,24)(H,23,29)(H,27,28). The molecule has 0 unspecified atom stereocenters. The second kappa shape index (κ2) is 8.30. The summed E-state index contributed by atoms with van der Waals surface area (Å²) >= 11 is 0. The lowest BCUT2D eigenvalue weighted by Gasteiger charge is -2.11. The third-order valence-corrected chi connectivity index (χ3v) is 3.90. The number of carbonyl (C=O) groups is 2. The maximum atomic E-state index is 13.6. The van der Waals surface area contributed by atoms with Crippen LogP contribution in [0.15, 0.2) is 48.7 Å². The molecule has 8 nitrogen and oxygen atoms in total. The predicted molar refractivity (Wildman–Crippen MR) is 103 cm³/mol. The molecule has 0 radical (unpaired) electrons. The summed E-state index contributed by atoms with van der Waals surface area (Å²) in [6.45, 7) is 0. The van der Waals surface area contributed by atoms with Gasteiger partial charge in [-0.3, -0.25) is 20.4 Å². The summed E-state index contributed by atoms with van der Waals surface area (Å²) in [6, 6.07) is 9.12. The average Bonchev–Trinajstić information content (AvgIpc) is 2.74. The number of nitrogens with two attached hydrogens (primary N) is 1. The highest BCUT2D eigenvalue weighted by molar-refractivity contribution is 5.97. The van der Waals surface area contributed by atoms with E-state index in [1.54, 1.807) is 12.1 Å². The number of hydrazine groups is 1. The first-order valence-corrected chi connectivity index (χ1v) is 8.35. The zero-order chi connectivity index (χ0) is 21.0. The summed E-state index contributed by atoms with van der Waals surface area (Å²) in [5.74, 6) is -2.49. The minimum atomic E-state index is -0.723. The van der Waals surface area contributed by atoms with Gasteiger partial charge in [0.25, 0.3) is 11.8 Å². The summed E-state index contributed by atoms with van der Waals surface area (Å²) in [7, 11) is 1.44. The van der Waals surface area contributed by atoms with E-state index < -0.39 is 23.4 Å². The Bertz CT molecular complexity index is 1090. The van der Waals surface area contributed by atoms with Crippen LogP contribution >= 0.6 is 0 Å². The normalized spacial score (nSPS) is 10.3. The van der Waals surface area contributed by atoms with Gasteiger partial charge < -0.3 is 11.1 Å². The number of nitrogens with zero attached hydrogens (tertiary/aromatic N) is 2. The van der Waals surface area contributed by atoms with Crippen molar-refractivity contribution in [1.82, 2.24) is 20.7 Å². The molecule has 0 aliphatic rings. The second-order valence-electron chi connectivity index (χ2n) is 5.85. The smallest absolute Gasteiger partial charge is 0.273 e. The molecule has 0 aliphatic carbocycles. The summed E-state index contributed by atoms with van der Waals surface area (Å²) in [5, 5.41) is 2.42. The molecule has 0 bridgehead atoms. The maximum absolute atomic E-state index is 13.6. The fourth-order valence-electron chi connectivity index (χ4n) is 2.43. The first kappa shape index (κ1) is 19.7. The highest BCUT2D eigenvalue weighted by atomic mass is 19.1. The van der Waals surface area contributed by atoms with Crippen LogP contribution in [-0.2, 0) is 0 Å². The van der Waals surface area contributed by atoms with Crippen LogP contribution in [0.3, 0.4) is 0 Å². The Balaban J connectivity index is 1.81. The van der Waals surface area contributed by atoms with E-state index in [9.17, 15) is 18.4 Å². The highest BCUT2D eigenvalue weighted by Gasteiger charge is 2.14. The molecule has 10 heteroatoms. The molecule has 29 heavy (non-hydrogen) atoms.